The molecule has 1 aliphatic rings. The molecule has 0 aliphatic carbocycles. The molecule has 4 aromatic rings. The van der Waals surface area contributed by atoms with Gasteiger partial charge in [0.1, 0.15) is 12.1 Å². The summed E-state index contributed by atoms with van der Waals surface area (Å²) in [5.41, 5.74) is 9.16. The molecule has 1 aliphatic heterocycles. The van der Waals surface area contributed by atoms with Crippen LogP contribution in [-0.4, -0.2) is 76.3 Å². The first-order chi connectivity index (χ1) is 16.8. The van der Waals surface area contributed by atoms with Crippen LogP contribution in [0.15, 0.2) is 40.4 Å². The van der Waals surface area contributed by atoms with Crippen LogP contribution in [0, 0.1) is 6.92 Å². The van der Waals surface area contributed by atoms with Gasteiger partial charge in [0.2, 0.25) is 0 Å². The topological polar surface area (TPSA) is 130 Å². The molecule has 0 unspecified atom stereocenters. The lowest BCUT2D eigenvalue weighted by Crippen LogP contribution is -2.50. The molecule has 1 saturated heterocycles. The summed E-state index contributed by atoms with van der Waals surface area (Å²) >= 11 is 2.64. The maximum Gasteiger partial charge on any atom is 0.254 e. The third-order valence-corrected chi connectivity index (χ3v) is 10.4. The van der Waals surface area contributed by atoms with Crippen molar-refractivity contribution in [1.82, 2.24) is 29.1 Å². The molecule has 10 nitrogen and oxygen atoms in total. The number of rotatable bonds is 7. The van der Waals surface area contributed by atoms with Crippen LogP contribution in [0.5, 0.6) is 0 Å². The van der Waals surface area contributed by atoms with Crippen LogP contribution < -0.4 is 11.1 Å². The number of pyridine rings is 1. The highest BCUT2D eigenvalue weighted by Gasteiger charge is 2.32. The zero-order valence-electron chi connectivity index (χ0n) is 19.4. The predicted octanol–water partition coefficient (Wildman–Crippen LogP) is 2.91. The Hall–Kier alpha value is -2.71. The van der Waals surface area contributed by atoms with Gasteiger partial charge >= 0.3 is 0 Å². The van der Waals surface area contributed by atoms with Gasteiger partial charge in [-0.15, -0.1) is 11.3 Å². The molecule has 35 heavy (non-hydrogen) atoms. The molecule has 184 valence electrons. The van der Waals surface area contributed by atoms with Gasteiger partial charge in [0.25, 0.3) is 10.0 Å². The number of nitrogens with one attached hydrogen (secondary N) is 1. The van der Waals surface area contributed by atoms with Gasteiger partial charge in [-0.2, -0.15) is 4.31 Å². The summed E-state index contributed by atoms with van der Waals surface area (Å²) in [6, 6.07) is 4.06. The van der Waals surface area contributed by atoms with E-state index < -0.39 is 10.0 Å². The van der Waals surface area contributed by atoms with Crippen molar-refractivity contribution in [3.8, 4) is 11.1 Å². The maximum absolute atomic E-state index is 13.0. The molecule has 5 rings (SSSR count). The molecular formula is C22H26N8O2S3. The molecular weight excluding hydrogens is 504 g/mol. The Labute approximate surface area is 211 Å². The molecule has 13 heteroatoms. The van der Waals surface area contributed by atoms with E-state index in [1.807, 2.05) is 18.3 Å². The Bertz CT molecular complexity index is 1430. The molecule has 0 bridgehead atoms. The Morgan fingerprint density at radius 1 is 1.23 bits per heavy atom. The highest BCUT2D eigenvalue weighted by Crippen LogP contribution is 2.35. The maximum atomic E-state index is 13.0. The van der Waals surface area contributed by atoms with Crippen molar-refractivity contribution in [2.75, 3.05) is 43.8 Å². The second-order valence-corrected chi connectivity index (χ2v) is 12.5. The van der Waals surface area contributed by atoms with Crippen LogP contribution in [-0.2, 0) is 10.0 Å². The van der Waals surface area contributed by atoms with Crippen molar-refractivity contribution >= 4 is 53.9 Å². The minimum atomic E-state index is -3.57. The number of nitrogens with zero attached hydrogens (tertiary/aromatic N) is 6. The lowest BCUT2D eigenvalue weighted by molar-refractivity contribution is 0.184. The normalized spacial score (nSPS) is 16.5. The fourth-order valence-electron chi connectivity index (χ4n) is 4.26. The van der Waals surface area contributed by atoms with Crippen molar-refractivity contribution in [2.24, 2.45) is 0 Å². The number of thiazole rings is 1. The van der Waals surface area contributed by atoms with Crippen molar-refractivity contribution in [1.29, 1.82) is 0 Å². The summed E-state index contributed by atoms with van der Waals surface area (Å²) in [6.45, 7) is 6.74. The van der Waals surface area contributed by atoms with Crippen molar-refractivity contribution in [3.63, 3.8) is 0 Å². The van der Waals surface area contributed by atoms with Gasteiger partial charge in [-0.05, 0) is 19.9 Å². The van der Waals surface area contributed by atoms with Crippen LogP contribution in [0.1, 0.15) is 12.6 Å². The van der Waals surface area contributed by atoms with Crippen molar-refractivity contribution < 1.29 is 8.42 Å². The first-order valence-electron chi connectivity index (χ1n) is 11.2. The summed E-state index contributed by atoms with van der Waals surface area (Å²) in [7, 11) is -3.57. The van der Waals surface area contributed by atoms with Crippen LogP contribution in [0.2, 0.25) is 0 Å². The number of piperazine rings is 1. The highest BCUT2D eigenvalue weighted by molar-refractivity contribution is 7.91. The molecule has 5 heterocycles. The second kappa shape index (κ2) is 9.74. The Kier molecular flexibility index (Phi) is 6.68. The second-order valence-electron chi connectivity index (χ2n) is 8.47. The number of hydrogen-bond acceptors (Lipinski definition) is 11. The van der Waals surface area contributed by atoms with Gasteiger partial charge in [-0.1, -0.05) is 17.4 Å². The number of sulfonamides is 1. The lowest BCUT2D eigenvalue weighted by atomic mass is 10.1. The van der Waals surface area contributed by atoms with E-state index in [1.54, 1.807) is 30.8 Å². The summed E-state index contributed by atoms with van der Waals surface area (Å²) in [5.74, 6) is 0.808. The monoisotopic (exact) mass is 530 g/mol. The van der Waals surface area contributed by atoms with Crippen molar-refractivity contribution in [2.45, 2.75) is 24.1 Å². The van der Waals surface area contributed by atoms with Gasteiger partial charge in [-0.3, -0.25) is 9.88 Å². The first kappa shape index (κ1) is 24.0. The number of aryl methyl sites for hydroxylation is 1. The van der Waals surface area contributed by atoms with Gasteiger partial charge < -0.3 is 11.1 Å². The minimum absolute atomic E-state index is 0.115. The van der Waals surface area contributed by atoms with Gasteiger partial charge in [0.15, 0.2) is 9.34 Å². The molecule has 1 atom stereocenters. The van der Waals surface area contributed by atoms with E-state index in [0.29, 0.717) is 31.9 Å². The fourth-order valence-corrected chi connectivity index (χ4v) is 8.10. The lowest BCUT2D eigenvalue weighted by Gasteiger charge is -2.35. The third-order valence-electron chi connectivity index (χ3n) is 5.92. The zero-order chi connectivity index (χ0) is 24.6. The Morgan fingerprint density at radius 2 is 2.03 bits per heavy atom. The van der Waals surface area contributed by atoms with Crippen LogP contribution in [0.4, 0.5) is 10.9 Å². The number of fused-ring (bicyclic) bond motifs is 1. The largest absolute Gasteiger partial charge is 0.375 e. The predicted molar refractivity (Wildman–Crippen MR) is 140 cm³/mol. The number of nitrogen functional groups attached to an aromatic ring is 1. The molecule has 1 fully saturated rings. The standard InChI is InChI=1S/C22H26N8O2S3/c1-14(11-29-6-8-30(9-7-29)35(31,32)21-15(2)28-22(23)34-21)27-20-19-18(25-13-26-20)17(12-33-19)16-4-3-5-24-10-16/h3-5,10,12-14H,6-9,11H2,1-2H3,(H2,23,28)(H,25,26,27)/t14-/m0/s1. The molecule has 0 amide bonds. The summed E-state index contributed by atoms with van der Waals surface area (Å²) in [5, 5.41) is 5.89. The summed E-state index contributed by atoms with van der Waals surface area (Å²) in [6.07, 6.45) is 5.18. The molecule has 0 radical (unpaired) electrons. The molecule has 0 saturated carbocycles. The average Bonchev–Trinajstić information content (AvgIpc) is 3.43. The molecule has 3 N–H and O–H groups in total. The molecule has 0 aromatic carbocycles. The summed E-state index contributed by atoms with van der Waals surface area (Å²) < 4.78 is 28.8. The number of hydrogen-bond donors (Lipinski definition) is 2. The molecule has 0 spiro atoms. The zero-order valence-corrected chi connectivity index (χ0v) is 21.8. The fraction of sp³-hybridized carbons (Fsp3) is 0.364. The van der Waals surface area contributed by atoms with E-state index in [9.17, 15) is 8.42 Å². The van der Waals surface area contributed by atoms with Gasteiger partial charge in [0, 0.05) is 67.7 Å². The van der Waals surface area contributed by atoms with Crippen molar-refractivity contribution in [3.05, 3.63) is 41.9 Å². The van der Waals surface area contributed by atoms with E-state index >= 15 is 0 Å². The molecule has 4 aromatic heterocycles. The van der Waals surface area contributed by atoms with Crippen LogP contribution >= 0.6 is 22.7 Å². The SMILES string of the molecule is Cc1nc(N)sc1S(=O)(=O)N1CCN(C[C@H](C)Nc2ncnc3c(-c4cccnc4)csc23)CC1. The highest BCUT2D eigenvalue weighted by atomic mass is 32.2. The van der Waals surface area contributed by atoms with E-state index in [-0.39, 0.29) is 15.4 Å². The van der Waals surface area contributed by atoms with E-state index in [0.717, 1.165) is 45.0 Å². The Balaban J connectivity index is 1.22. The van der Waals surface area contributed by atoms with Crippen LogP contribution in [0.25, 0.3) is 21.3 Å². The third kappa shape index (κ3) is 4.86. The summed E-state index contributed by atoms with van der Waals surface area (Å²) in [4.78, 5) is 19.6. The minimum Gasteiger partial charge on any atom is -0.375 e. The smallest absolute Gasteiger partial charge is 0.254 e. The van der Waals surface area contributed by atoms with Gasteiger partial charge in [0.05, 0.1) is 15.9 Å². The van der Waals surface area contributed by atoms with E-state index in [2.05, 4.69) is 42.5 Å². The number of anilines is 2. The quantitative estimate of drug-likeness (QED) is 0.370. The Morgan fingerprint density at radius 3 is 2.71 bits per heavy atom. The number of nitrogens with two attached hydrogens (primary N) is 1. The number of thiophene rings is 1. The van der Waals surface area contributed by atoms with Gasteiger partial charge in [-0.25, -0.2) is 23.4 Å². The van der Waals surface area contributed by atoms with E-state index in [1.165, 1.54) is 4.31 Å². The van der Waals surface area contributed by atoms with Crippen LogP contribution in [0.3, 0.4) is 0 Å². The first-order valence-corrected chi connectivity index (χ1v) is 14.3. The average molecular weight is 531 g/mol. The number of aromatic nitrogens is 4. The van der Waals surface area contributed by atoms with E-state index in [4.69, 9.17) is 5.73 Å².